The summed E-state index contributed by atoms with van der Waals surface area (Å²) in [6.07, 6.45) is 6.50. The van der Waals surface area contributed by atoms with Crippen LogP contribution in [0.1, 0.15) is 46.0 Å². The van der Waals surface area contributed by atoms with E-state index in [1.54, 1.807) is 0 Å². The molecule has 0 aromatic heterocycles. The molecule has 0 saturated carbocycles. The lowest BCUT2D eigenvalue weighted by Gasteiger charge is -2.05. The minimum absolute atomic E-state index is 0.859. The van der Waals surface area contributed by atoms with Crippen LogP contribution in [0.4, 0.5) is 0 Å². The van der Waals surface area contributed by atoms with Gasteiger partial charge in [0, 0.05) is 12.7 Å². The minimum atomic E-state index is 0.859. The van der Waals surface area contributed by atoms with E-state index in [-0.39, 0.29) is 0 Å². The molecule has 0 saturated heterocycles. The normalized spacial score (nSPS) is 10.3. The second-order valence-electron chi connectivity index (χ2n) is 3.85. The molecule has 0 aromatic rings. The monoisotopic (exact) mass is 169 g/mol. The fourth-order valence-corrected chi connectivity index (χ4v) is 1.19. The molecule has 0 amide bonds. The molecule has 0 bridgehead atoms. The van der Waals surface area contributed by atoms with Crippen LogP contribution in [0.25, 0.3) is 0 Å². The number of hydrogen-bond acceptors (Lipinski definition) is 1. The van der Waals surface area contributed by atoms with Crippen LogP contribution in [-0.4, -0.2) is 7.05 Å². The van der Waals surface area contributed by atoms with E-state index in [1.807, 2.05) is 7.05 Å². The molecule has 1 N–H and O–H groups in total. The molecule has 72 valence electrons. The van der Waals surface area contributed by atoms with E-state index in [4.69, 9.17) is 0 Å². The molecule has 0 aromatic carbocycles. The first-order valence-electron chi connectivity index (χ1n) is 5.02. The third-order valence-electron chi connectivity index (χ3n) is 2.11. The molecule has 1 heteroatoms. The lowest BCUT2D eigenvalue weighted by molar-refractivity contribution is 0.525. The Hall–Kier alpha value is -0.460. The van der Waals surface area contributed by atoms with Crippen molar-refractivity contribution in [2.75, 3.05) is 7.05 Å². The van der Waals surface area contributed by atoms with Crippen LogP contribution < -0.4 is 5.32 Å². The third-order valence-corrected chi connectivity index (χ3v) is 2.11. The molecule has 0 aliphatic rings. The van der Waals surface area contributed by atoms with Crippen molar-refractivity contribution in [3.05, 3.63) is 12.3 Å². The fraction of sp³-hybridized carbons (Fsp3) is 0.818. The van der Waals surface area contributed by atoms with Gasteiger partial charge in [-0.2, -0.15) is 0 Å². The van der Waals surface area contributed by atoms with Crippen LogP contribution in [0.2, 0.25) is 0 Å². The third kappa shape index (κ3) is 7.64. The number of allylic oxidation sites excluding steroid dienone is 1. The van der Waals surface area contributed by atoms with Gasteiger partial charge in [0.1, 0.15) is 0 Å². The molecule has 1 nitrogen and oxygen atoms in total. The Morgan fingerprint density at radius 1 is 1.25 bits per heavy atom. The number of rotatable bonds is 7. The second-order valence-corrected chi connectivity index (χ2v) is 3.85. The quantitative estimate of drug-likeness (QED) is 0.576. The van der Waals surface area contributed by atoms with Crippen molar-refractivity contribution in [1.29, 1.82) is 0 Å². The minimum Gasteiger partial charge on any atom is -0.392 e. The number of nitrogens with one attached hydrogen (secondary N) is 1. The van der Waals surface area contributed by atoms with Crippen LogP contribution in [0, 0.1) is 5.92 Å². The summed E-state index contributed by atoms with van der Waals surface area (Å²) >= 11 is 0. The number of unbranched alkanes of at least 4 members (excludes halogenated alkanes) is 2. The predicted molar refractivity (Wildman–Crippen MR) is 56.1 cm³/mol. The van der Waals surface area contributed by atoms with Crippen molar-refractivity contribution >= 4 is 0 Å². The van der Waals surface area contributed by atoms with E-state index < -0.39 is 0 Å². The Kier molecular flexibility index (Phi) is 6.93. The molecular formula is C11H23N. The van der Waals surface area contributed by atoms with E-state index in [9.17, 15) is 0 Å². The van der Waals surface area contributed by atoms with Gasteiger partial charge in [-0.05, 0) is 18.8 Å². The molecule has 0 fully saturated rings. The lowest BCUT2D eigenvalue weighted by atomic mass is 10.0. The van der Waals surface area contributed by atoms with Gasteiger partial charge < -0.3 is 5.32 Å². The lowest BCUT2D eigenvalue weighted by Crippen LogP contribution is -2.03. The van der Waals surface area contributed by atoms with Gasteiger partial charge in [0.05, 0.1) is 0 Å². The van der Waals surface area contributed by atoms with Gasteiger partial charge in [-0.1, -0.05) is 39.7 Å². The Bertz CT molecular complexity index is 116. The highest BCUT2D eigenvalue weighted by molar-refractivity contribution is 4.88. The topological polar surface area (TPSA) is 12.0 Å². The van der Waals surface area contributed by atoms with Gasteiger partial charge in [0.15, 0.2) is 0 Å². The molecular weight excluding hydrogens is 146 g/mol. The van der Waals surface area contributed by atoms with Crippen LogP contribution in [0.15, 0.2) is 12.3 Å². The molecule has 0 atom stereocenters. The smallest absolute Gasteiger partial charge is 0.00310 e. The van der Waals surface area contributed by atoms with Gasteiger partial charge in [-0.25, -0.2) is 0 Å². The maximum Gasteiger partial charge on any atom is 0.00310 e. The van der Waals surface area contributed by atoms with Crippen molar-refractivity contribution in [1.82, 2.24) is 5.32 Å². The standard InChI is InChI=1S/C11H23N/c1-10(2)8-6-5-7-9-11(3)12-4/h10,12H,3,5-9H2,1-2,4H3. The summed E-state index contributed by atoms with van der Waals surface area (Å²) in [5.41, 5.74) is 1.17. The van der Waals surface area contributed by atoms with Gasteiger partial charge >= 0.3 is 0 Å². The van der Waals surface area contributed by atoms with Crippen molar-refractivity contribution in [3.63, 3.8) is 0 Å². The van der Waals surface area contributed by atoms with Crippen LogP contribution in [0.3, 0.4) is 0 Å². The first-order chi connectivity index (χ1) is 5.66. The SMILES string of the molecule is C=C(CCCCCC(C)C)NC. The summed E-state index contributed by atoms with van der Waals surface area (Å²) in [6.45, 7) is 8.46. The summed E-state index contributed by atoms with van der Waals surface area (Å²) in [5.74, 6) is 0.859. The highest BCUT2D eigenvalue weighted by Crippen LogP contribution is 2.10. The van der Waals surface area contributed by atoms with E-state index in [0.717, 1.165) is 12.3 Å². The van der Waals surface area contributed by atoms with E-state index in [2.05, 4.69) is 25.7 Å². The Balaban J connectivity index is 3.05. The van der Waals surface area contributed by atoms with Crippen molar-refractivity contribution in [2.45, 2.75) is 46.0 Å². The largest absolute Gasteiger partial charge is 0.392 e. The van der Waals surface area contributed by atoms with Crippen LogP contribution in [-0.2, 0) is 0 Å². The van der Waals surface area contributed by atoms with Crippen molar-refractivity contribution < 1.29 is 0 Å². The summed E-state index contributed by atoms with van der Waals surface area (Å²) in [7, 11) is 1.94. The van der Waals surface area contributed by atoms with Crippen LogP contribution in [0.5, 0.6) is 0 Å². The van der Waals surface area contributed by atoms with Gasteiger partial charge in [-0.3, -0.25) is 0 Å². The van der Waals surface area contributed by atoms with Gasteiger partial charge in [-0.15, -0.1) is 0 Å². The summed E-state index contributed by atoms with van der Waals surface area (Å²) in [6, 6.07) is 0. The molecule has 0 aliphatic heterocycles. The fourth-order valence-electron chi connectivity index (χ4n) is 1.19. The molecule has 0 heterocycles. The highest BCUT2D eigenvalue weighted by Gasteiger charge is 1.94. The van der Waals surface area contributed by atoms with Gasteiger partial charge in [0.2, 0.25) is 0 Å². The Morgan fingerprint density at radius 3 is 2.42 bits per heavy atom. The zero-order chi connectivity index (χ0) is 9.40. The van der Waals surface area contributed by atoms with E-state index in [1.165, 1.54) is 31.4 Å². The molecule has 0 aliphatic carbocycles. The maximum absolute atomic E-state index is 3.89. The van der Waals surface area contributed by atoms with E-state index in [0.29, 0.717) is 0 Å². The van der Waals surface area contributed by atoms with Crippen molar-refractivity contribution in [2.24, 2.45) is 5.92 Å². The molecule has 0 unspecified atom stereocenters. The molecule has 12 heavy (non-hydrogen) atoms. The average molecular weight is 169 g/mol. The molecule has 0 radical (unpaired) electrons. The number of hydrogen-bond donors (Lipinski definition) is 1. The molecule has 0 rings (SSSR count). The summed E-state index contributed by atoms with van der Waals surface area (Å²) < 4.78 is 0. The zero-order valence-electron chi connectivity index (χ0n) is 8.82. The van der Waals surface area contributed by atoms with Crippen LogP contribution >= 0.6 is 0 Å². The second kappa shape index (κ2) is 7.20. The van der Waals surface area contributed by atoms with Gasteiger partial charge in [0.25, 0.3) is 0 Å². The van der Waals surface area contributed by atoms with Crippen molar-refractivity contribution in [3.8, 4) is 0 Å². The molecule has 0 spiro atoms. The average Bonchev–Trinajstić information content (AvgIpc) is 2.03. The first-order valence-corrected chi connectivity index (χ1v) is 5.02. The zero-order valence-corrected chi connectivity index (χ0v) is 8.82. The summed E-state index contributed by atoms with van der Waals surface area (Å²) in [5, 5.41) is 3.07. The Morgan fingerprint density at radius 2 is 1.92 bits per heavy atom. The highest BCUT2D eigenvalue weighted by atomic mass is 14.8. The predicted octanol–water partition coefficient (Wildman–Crippen LogP) is 3.33. The Labute approximate surface area is 77.2 Å². The maximum atomic E-state index is 3.89. The first kappa shape index (κ1) is 11.5. The summed E-state index contributed by atoms with van der Waals surface area (Å²) in [4.78, 5) is 0. The van der Waals surface area contributed by atoms with E-state index >= 15 is 0 Å².